The van der Waals surface area contributed by atoms with Gasteiger partial charge < -0.3 is 5.32 Å². The molecule has 0 aliphatic rings. The van der Waals surface area contributed by atoms with E-state index in [1.807, 2.05) is 37.4 Å². The molecular weight excluding hydrogens is 409 g/mol. The molecule has 0 fully saturated rings. The molecule has 29 heavy (non-hydrogen) atoms. The van der Waals surface area contributed by atoms with Crippen molar-refractivity contribution >= 4 is 34.8 Å². The second-order valence-corrected chi connectivity index (χ2v) is 8.42. The number of halogens is 1. The van der Waals surface area contributed by atoms with Crippen LogP contribution in [-0.2, 0) is 4.79 Å². The van der Waals surface area contributed by atoms with Crippen LogP contribution in [0.3, 0.4) is 0 Å². The van der Waals surface area contributed by atoms with Gasteiger partial charge in [-0.3, -0.25) is 4.79 Å². The minimum absolute atomic E-state index is 0.155. The van der Waals surface area contributed by atoms with E-state index in [0.717, 1.165) is 21.8 Å². The van der Waals surface area contributed by atoms with Crippen molar-refractivity contribution in [1.82, 2.24) is 24.9 Å². The van der Waals surface area contributed by atoms with E-state index in [4.69, 9.17) is 0 Å². The van der Waals surface area contributed by atoms with Gasteiger partial charge in [-0.1, -0.05) is 30.0 Å². The standard InChI is InChI=1S/C20H18FN5OS2/c1-12-10-13(2)26-19(22-12)24-20(25-26)29-11-17(27)23-18(16-4-3-9-28-16)14-5-7-15(21)8-6-14/h3-10,18H,11H2,1-2H3,(H,23,27). The second-order valence-electron chi connectivity index (χ2n) is 6.50. The maximum Gasteiger partial charge on any atom is 0.253 e. The molecule has 1 unspecified atom stereocenters. The summed E-state index contributed by atoms with van der Waals surface area (Å²) in [6.45, 7) is 3.84. The molecule has 3 heterocycles. The molecule has 0 aliphatic carbocycles. The predicted octanol–water partition coefficient (Wildman–Crippen LogP) is 3.94. The molecule has 4 aromatic rings. The van der Waals surface area contributed by atoms with Crippen LogP contribution in [0.25, 0.3) is 5.78 Å². The summed E-state index contributed by atoms with van der Waals surface area (Å²) in [6, 6.07) is 11.6. The average molecular weight is 428 g/mol. The van der Waals surface area contributed by atoms with Gasteiger partial charge in [0.05, 0.1) is 11.8 Å². The number of carbonyl (C=O) groups is 1. The summed E-state index contributed by atoms with van der Waals surface area (Å²) in [4.78, 5) is 22.3. The molecule has 1 aromatic carbocycles. The lowest BCUT2D eigenvalue weighted by Gasteiger charge is -2.18. The zero-order valence-electron chi connectivity index (χ0n) is 15.8. The summed E-state index contributed by atoms with van der Waals surface area (Å²) >= 11 is 2.79. The van der Waals surface area contributed by atoms with Gasteiger partial charge in [-0.15, -0.1) is 16.4 Å². The first-order valence-corrected chi connectivity index (χ1v) is 10.8. The van der Waals surface area contributed by atoms with Crippen LogP contribution < -0.4 is 5.32 Å². The van der Waals surface area contributed by atoms with Crippen LogP contribution in [0.1, 0.15) is 27.9 Å². The number of amides is 1. The van der Waals surface area contributed by atoms with E-state index in [1.165, 1.54) is 23.9 Å². The molecule has 9 heteroatoms. The Balaban J connectivity index is 1.47. The molecule has 0 bridgehead atoms. The van der Waals surface area contributed by atoms with E-state index in [2.05, 4.69) is 20.4 Å². The van der Waals surface area contributed by atoms with E-state index < -0.39 is 0 Å². The lowest BCUT2D eigenvalue weighted by atomic mass is 10.1. The normalized spacial score (nSPS) is 12.2. The Morgan fingerprint density at radius 3 is 2.76 bits per heavy atom. The van der Waals surface area contributed by atoms with Crippen LogP contribution in [0.4, 0.5) is 4.39 Å². The van der Waals surface area contributed by atoms with Gasteiger partial charge in [0.25, 0.3) is 5.78 Å². The van der Waals surface area contributed by atoms with Crippen molar-refractivity contribution in [2.24, 2.45) is 0 Å². The van der Waals surface area contributed by atoms with E-state index in [0.29, 0.717) is 10.9 Å². The summed E-state index contributed by atoms with van der Waals surface area (Å²) in [5.41, 5.74) is 2.63. The summed E-state index contributed by atoms with van der Waals surface area (Å²) < 4.78 is 15.0. The first-order valence-electron chi connectivity index (χ1n) is 8.91. The zero-order chi connectivity index (χ0) is 20.4. The van der Waals surface area contributed by atoms with Crippen molar-refractivity contribution < 1.29 is 9.18 Å². The van der Waals surface area contributed by atoms with Gasteiger partial charge in [-0.25, -0.2) is 13.9 Å². The number of benzene rings is 1. The molecule has 1 atom stereocenters. The van der Waals surface area contributed by atoms with Crippen LogP contribution in [0.5, 0.6) is 0 Å². The fraction of sp³-hybridized carbons (Fsp3) is 0.200. The Kier molecular flexibility index (Phi) is 5.59. The second kappa shape index (κ2) is 8.30. The average Bonchev–Trinajstić information content (AvgIpc) is 3.35. The fourth-order valence-electron chi connectivity index (χ4n) is 2.97. The van der Waals surface area contributed by atoms with Gasteiger partial charge in [-0.2, -0.15) is 4.98 Å². The quantitative estimate of drug-likeness (QED) is 0.472. The van der Waals surface area contributed by atoms with Crippen LogP contribution in [0.2, 0.25) is 0 Å². The minimum Gasteiger partial charge on any atom is -0.344 e. The number of hydrogen-bond donors (Lipinski definition) is 1. The summed E-state index contributed by atoms with van der Waals surface area (Å²) in [5, 5.41) is 9.88. The molecule has 3 aromatic heterocycles. The Bertz CT molecular complexity index is 1140. The van der Waals surface area contributed by atoms with Crippen LogP contribution >= 0.6 is 23.1 Å². The number of nitrogens with zero attached hydrogens (tertiary/aromatic N) is 4. The first-order chi connectivity index (χ1) is 14.0. The van der Waals surface area contributed by atoms with Gasteiger partial charge in [0.15, 0.2) is 0 Å². The maximum atomic E-state index is 13.3. The molecule has 1 amide bonds. The maximum absolute atomic E-state index is 13.3. The number of aryl methyl sites for hydroxylation is 2. The number of thioether (sulfide) groups is 1. The largest absolute Gasteiger partial charge is 0.344 e. The SMILES string of the molecule is Cc1cc(C)n2nc(SCC(=O)NC(c3ccc(F)cc3)c3cccs3)nc2n1. The number of nitrogens with one attached hydrogen (secondary N) is 1. The van der Waals surface area contributed by atoms with E-state index >= 15 is 0 Å². The van der Waals surface area contributed by atoms with Crippen LogP contribution in [0, 0.1) is 19.7 Å². The van der Waals surface area contributed by atoms with Gasteiger partial charge in [0, 0.05) is 16.3 Å². The third-order valence-electron chi connectivity index (χ3n) is 4.27. The van der Waals surface area contributed by atoms with E-state index in [1.54, 1.807) is 28.0 Å². The highest BCUT2D eigenvalue weighted by Crippen LogP contribution is 2.26. The molecule has 1 N–H and O–H groups in total. The molecule has 0 saturated carbocycles. The van der Waals surface area contributed by atoms with Crippen molar-refractivity contribution in [3.05, 3.63) is 75.5 Å². The van der Waals surface area contributed by atoms with Gasteiger partial charge in [0.2, 0.25) is 11.1 Å². The third kappa shape index (κ3) is 4.46. The number of thiophene rings is 1. The topological polar surface area (TPSA) is 72.2 Å². The molecule has 148 valence electrons. The third-order valence-corrected chi connectivity index (χ3v) is 6.04. The predicted molar refractivity (Wildman–Crippen MR) is 112 cm³/mol. The first kappa shape index (κ1) is 19.5. The summed E-state index contributed by atoms with van der Waals surface area (Å²) in [5.74, 6) is 0.223. The molecule has 6 nitrogen and oxygen atoms in total. The Labute approximate surface area is 175 Å². The molecule has 0 radical (unpaired) electrons. The van der Waals surface area contributed by atoms with E-state index in [-0.39, 0.29) is 23.5 Å². The zero-order valence-corrected chi connectivity index (χ0v) is 17.4. The minimum atomic E-state index is -0.329. The van der Waals surface area contributed by atoms with Gasteiger partial charge >= 0.3 is 0 Å². The Morgan fingerprint density at radius 1 is 1.24 bits per heavy atom. The molecule has 0 spiro atoms. The van der Waals surface area contributed by atoms with Crippen molar-refractivity contribution in [2.75, 3.05) is 5.75 Å². The Morgan fingerprint density at radius 2 is 2.03 bits per heavy atom. The van der Waals surface area contributed by atoms with Crippen LogP contribution in [-0.4, -0.2) is 31.2 Å². The number of carbonyl (C=O) groups excluding carboxylic acids is 1. The summed E-state index contributed by atoms with van der Waals surface area (Å²) in [6.07, 6.45) is 0. The molecule has 0 saturated heterocycles. The number of rotatable bonds is 6. The number of hydrogen-bond acceptors (Lipinski definition) is 6. The lowest BCUT2D eigenvalue weighted by molar-refractivity contribution is -0.119. The highest BCUT2D eigenvalue weighted by atomic mass is 32.2. The molecule has 4 rings (SSSR count). The van der Waals surface area contributed by atoms with Crippen molar-refractivity contribution in [3.8, 4) is 0 Å². The molecule has 0 aliphatic heterocycles. The van der Waals surface area contributed by atoms with Crippen LogP contribution in [0.15, 0.2) is 53.0 Å². The summed E-state index contributed by atoms with van der Waals surface area (Å²) in [7, 11) is 0. The Hall–Kier alpha value is -2.78. The van der Waals surface area contributed by atoms with E-state index in [9.17, 15) is 9.18 Å². The van der Waals surface area contributed by atoms with Crippen molar-refractivity contribution in [3.63, 3.8) is 0 Å². The monoisotopic (exact) mass is 427 g/mol. The number of fused-ring (bicyclic) bond motifs is 1. The highest BCUT2D eigenvalue weighted by molar-refractivity contribution is 7.99. The smallest absolute Gasteiger partial charge is 0.253 e. The molecular formula is C20H18FN5OS2. The van der Waals surface area contributed by atoms with Gasteiger partial charge in [0.1, 0.15) is 5.82 Å². The van der Waals surface area contributed by atoms with Gasteiger partial charge in [-0.05, 0) is 49.1 Å². The van der Waals surface area contributed by atoms with Crippen molar-refractivity contribution in [1.29, 1.82) is 0 Å². The highest BCUT2D eigenvalue weighted by Gasteiger charge is 2.19. The van der Waals surface area contributed by atoms with Crippen molar-refractivity contribution in [2.45, 2.75) is 25.0 Å². The fourth-order valence-corrected chi connectivity index (χ4v) is 4.40. The number of aromatic nitrogens is 4. The lowest BCUT2D eigenvalue weighted by Crippen LogP contribution is -2.30.